The molecule has 0 spiro atoms. The summed E-state index contributed by atoms with van der Waals surface area (Å²) in [4.78, 5) is 13.1. The zero-order valence-electron chi connectivity index (χ0n) is 10.9. The fourth-order valence-electron chi connectivity index (χ4n) is 1.32. The van der Waals surface area contributed by atoms with Crippen LogP contribution in [0.3, 0.4) is 0 Å². The molecule has 1 aromatic carbocycles. The molecule has 2 aromatic rings. The molecule has 1 heterocycles. The van der Waals surface area contributed by atoms with Crippen LogP contribution in [0, 0.1) is 9.77 Å². The van der Waals surface area contributed by atoms with E-state index >= 15 is 0 Å². The van der Waals surface area contributed by atoms with E-state index in [0.29, 0.717) is 15.4 Å². The lowest BCUT2D eigenvalue weighted by molar-refractivity contribution is -0.125. The molecule has 0 aliphatic heterocycles. The number of halogens is 1. The number of hydrogen-bond acceptors (Lipinski definition) is 5. The molecular formula is C12H12FN3OS3. The molecule has 0 unspecified atom stereocenters. The van der Waals surface area contributed by atoms with Gasteiger partial charge in [0.05, 0.1) is 11.4 Å². The number of rotatable bonds is 4. The predicted molar refractivity (Wildman–Crippen MR) is 81.7 cm³/mol. The van der Waals surface area contributed by atoms with Crippen molar-refractivity contribution in [2.24, 2.45) is 0 Å². The first kappa shape index (κ1) is 15.1. The Morgan fingerprint density at radius 3 is 2.70 bits per heavy atom. The molecule has 1 amide bonds. The van der Waals surface area contributed by atoms with Crippen molar-refractivity contribution in [2.75, 3.05) is 19.8 Å². The van der Waals surface area contributed by atoms with E-state index in [2.05, 4.69) is 5.10 Å². The van der Waals surface area contributed by atoms with E-state index < -0.39 is 0 Å². The van der Waals surface area contributed by atoms with E-state index in [9.17, 15) is 9.18 Å². The molecule has 0 fully saturated rings. The standard InChI is InChI=1S/C12H12FN3OS3/c1-15(2)10(17)7-19-11-14-16(12(18)20-11)9-5-3-8(13)4-6-9/h3-6H,7H2,1-2H3. The lowest BCUT2D eigenvalue weighted by Crippen LogP contribution is -2.23. The van der Waals surface area contributed by atoms with Gasteiger partial charge in [-0.1, -0.05) is 23.1 Å². The lowest BCUT2D eigenvalue weighted by Gasteiger charge is -2.07. The van der Waals surface area contributed by atoms with Crippen molar-refractivity contribution in [1.29, 1.82) is 0 Å². The van der Waals surface area contributed by atoms with Crippen LogP contribution in [0.2, 0.25) is 0 Å². The molecular weight excluding hydrogens is 317 g/mol. The monoisotopic (exact) mass is 329 g/mol. The van der Waals surface area contributed by atoms with Gasteiger partial charge < -0.3 is 4.90 Å². The van der Waals surface area contributed by atoms with Crippen molar-refractivity contribution >= 4 is 41.2 Å². The van der Waals surface area contributed by atoms with Gasteiger partial charge in [0.1, 0.15) is 5.82 Å². The molecule has 1 aromatic heterocycles. The number of amides is 1. The summed E-state index contributed by atoms with van der Waals surface area (Å²) in [7, 11) is 3.42. The maximum absolute atomic E-state index is 12.9. The van der Waals surface area contributed by atoms with Crippen LogP contribution in [0.25, 0.3) is 5.69 Å². The summed E-state index contributed by atoms with van der Waals surface area (Å²) in [6, 6.07) is 5.95. The third kappa shape index (κ3) is 3.65. The van der Waals surface area contributed by atoms with Crippen LogP contribution in [-0.4, -0.2) is 40.4 Å². The van der Waals surface area contributed by atoms with Gasteiger partial charge in [0, 0.05) is 14.1 Å². The highest BCUT2D eigenvalue weighted by atomic mass is 32.2. The second-order valence-electron chi connectivity index (χ2n) is 4.10. The minimum absolute atomic E-state index is 0.0180. The van der Waals surface area contributed by atoms with Crippen molar-refractivity contribution in [3.05, 3.63) is 34.0 Å². The quantitative estimate of drug-likeness (QED) is 0.638. The highest BCUT2D eigenvalue weighted by Crippen LogP contribution is 2.24. The molecule has 0 saturated carbocycles. The maximum atomic E-state index is 12.9. The van der Waals surface area contributed by atoms with E-state index in [1.807, 2.05) is 0 Å². The number of nitrogens with zero attached hydrogens (tertiary/aromatic N) is 3. The summed E-state index contributed by atoms with van der Waals surface area (Å²) in [6.45, 7) is 0. The molecule has 0 aliphatic carbocycles. The summed E-state index contributed by atoms with van der Waals surface area (Å²) < 4.78 is 15.7. The molecule has 0 atom stereocenters. The SMILES string of the molecule is CN(C)C(=O)CSc1nn(-c2ccc(F)cc2)c(=S)s1. The van der Waals surface area contributed by atoms with Crippen molar-refractivity contribution in [3.8, 4) is 5.69 Å². The Bertz CT molecular complexity index is 663. The maximum Gasteiger partial charge on any atom is 0.232 e. The number of hydrogen-bond donors (Lipinski definition) is 0. The number of aromatic nitrogens is 2. The Labute approximate surface area is 129 Å². The second kappa shape index (κ2) is 6.47. The van der Waals surface area contributed by atoms with Crippen LogP contribution in [0.4, 0.5) is 4.39 Å². The van der Waals surface area contributed by atoms with Gasteiger partial charge in [-0.05, 0) is 36.5 Å². The second-order valence-corrected chi connectivity index (χ2v) is 6.94. The van der Waals surface area contributed by atoms with Crippen LogP contribution in [0.15, 0.2) is 28.6 Å². The van der Waals surface area contributed by atoms with Crippen LogP contribution >= 0.6 is 35.3 Å². The number of thioether (sulfide) groups is 1. The summed E-state index contributed by atoms with van der Waals surface area (Å²) in [5.74, 6) is 0.0322. The van der Waals surface area contributed by atoms with Crippen LogP contribution in [0.1, 0.15) is 0 Å². The van der Waals surface area contributed by atoms with E-state index in [-0.39, 0.29) is 11.7 Å². The third-order valence-corrected chi connectivity index (χ3v) is 4.77. The van der Waals surface area contributed by atoms with Crippen LogP contribution in [-0.2, 0) is 4.79 Å². The van der Waals surface area contributed by atoms with E-state index in [0.717, 1.165) is 4.34 Å². The summed E-state index contributed by atoms with van der Waals surface area (Å²) in [5, 5.41) is 4.34. The van der Waals surface area contributed by atoms with E-state index in [1.54, 1.807) is 30.9 Å². The Kier molecular flexibility index (Phi) is 4.90. The Morgan fingerprint density at radius 2 is 2.10 bits per heavy atom. The normalized spacial score (nSPS) is 10.6. The molecule has 20 heavy (non-hydrogen) atoms. The molecule has 4 nitrogen and oxygen atoms in total. The topological polar surface area (TPSA) is 38.1 Å². The minimum atomic E-state index is -0.304. The Hall–Kier alpha value is -1.25. The third-order valence-electron chi connectivity index (χ3n) is 2.42. The van der Waals surface area contributed by atoms with E-state index in [4.69, 9.17) is 12.2 Å². The van der Waals surface area contributed by atoms with Gasteiger partial charge in [-0.2, -0.15) is 0 Å². The minimum Gasteiger partial charge on any atom is -0.348 e. The van der Waals surface area contributed by atoms with Gasteiger partial charge in [-0.3, -0.25) is 4.79 Å². The Balaban J connectivity index is 2.16. The predicted octanol–water partition coefficient (Wildman–Crippen LogP) is 2.98. The lowest BCUT2D eigenvalue weighted by atomic mass is 10.3. The van der Waals surface area contributed by atoms with Crippen molar-refractivity contribution in [2.45, 2.75) is 4.34 Å². The molecule has 0 N–H and O–H groups in total. The highest BCUT2D eigenvalue weighted by Gasteiger charge is 2.10. The summed E-state index contributed by atoms with van der Waals surface area (Å²) >= 11 is 7.91. The molecule has 2 rings (SSSR count). The first-order valence-corrected chi connectivity index (χ1v) is 7.87. The fourth-order valence-corrected chi connectivity index (χ4v) is 3.66. The average Bonchev–Trinajstić information content (AvgIpc) is 2.78. The molecule has 0 saturated heterocycles. The molecule has 106 valence electrons. The van der Waals surface area contributed by atoms with Crippen molar-refractivity contribution in [3.63, 3.8) is 0 Å². The van der Waals surface area contributed by atoms with E-state index in [1.165, 1.54) is 40.1 Å². The van der Waals surface area contributed by atoms with Crippen molar-refractivity contribution in [1.82, 2.24) is 14.7 Å². The summed E-state index contributed by atoms with van der Waals surface area (Å²) in [5.41, 5.74) is 0.707. The highest BCUT2D eigenvalue weighted by molar-refractivity contribution is 8.01. The first-order valence-electron chi connectivity index (χ1n) is 5.66. The van der Waals surface area contributed by atoms with Gasteiger partial charge in [-0.25, -0.2) is 9.07 Å². The van der Waals surface area contributed by atoms with Gasteiger partial charge >= 0.3 is 0 Å². The molecule has 8 heteroatoms. The van der Waals surface area contributed by atoms with Gasteiger partial charge in [0.25, 0.3) is 0 Å². The van der Waals surface area contributed by atoms with Crippen LogP contribution < -0.4 is 0 Å². The van der Waals surface area contributed by atoms with Gasteiger partial charge in [0.15, 0.2) is 8.29 Å². The number of benzene rings is 1. The number of carbonyl (C=O) groups excluding carboxylic acids is 1. The smallest absolute Gasteiger partial charge is 0.232 e. The van der Waals surface area contributed by atoms with Crippen molar-refractivity contribution < 1.29 is 9.18 Å². The molecule has 0 bridgehead atoms. The average molecular weight is 329 g/mol. The Morgan fingerprint density at radius 1 is 1.45 bits per heavy atom. The van der Waals surface area contributed by atoms with Gasteiger partial charge in [-0.15, -0.1) is 5.10 Å². The van der Waals surface area contributed by atoms with Crippen LogP contribution in [0.5, 0.6) is 0 Å². The first-order chi connectivity index (χ1) is 9.47. The van der Waals surface area contributed by atoms with Gasteiger partial charge in [0.2, 0.25) is 5.91 Å². The molecule has 0 aliphatic rings. The summed E-state index contributed by atoms with van der Waals surface area (Å²) in [6.07, 6.45) is 0. The number of carbonyl (C=O) groups is 1. The molecule has 0 radical (unpaired) electrons. The zero-order chi connectivity index (χ0) is 14.7. The fraction of sp³-hybridized carbons (Fsp3) is 0.250. The zero-order valence-corrected chi connectivity index (χ0v) is 13.3. The largest absolute Gasteiger partial charge is 0.348 e.